The van der Waals surface area contributed by atoms with Crippen LogP contribution < -0.4 is 14.8 Å². The minimum atomic E-state index is -4.42. The number of rotatable bonds is 6. The molecule has 0 spiro atoms. The summed E-state index contributed by atoms with van der Waals surface area (Å²) in [5.41, 5.74) is 0.677. The van der Waals surface area contributed by atoms with Crippen molar-refractivity contribution in [2.45, 2.75) is 13.1 Å². The number of alkyl halides is 3. The van der Waals surface area contributed by atoms with Crippen LogP contribution in [0.3, 0.4) is 0 Å². The predicted molar refractivity (Wildman–Crippen MR) is 104 cm³/mol. The van der Waals surface area contributed by atoms with Crippen molar-refractivity contribution in [2.75, 3.05) is 19.0 Å². The summed E-state index contributed by atoms with van der Waals surface area (Å²) in [5.74, 6) is 0.414. The molecule has 2 aromatic carbocycles. The van der Waals surface area contributed by atoms with E-state index in [1.165, 1.54) is 25.3 Å². The van der Waals surface area contributed by atoms with E-state index in [1.807, 2.05) is 0 Å². The van der Waals surface area contributed by atoms with Crippen molar-refractivity contribution >= 4 is 11.6 Å². The van der Waals surface area contributed by atoms with Crippen LogP contribution in [0, 0.1) is 6.92 Å². The van der Waals surface area contributed by atoms with Crippen molar-refractivity contribution in [3.63, 3.8) is 0 Å². The molecule has 30 heavy (non-hydrogen) atoms. The zero-order valence-corrected chi connectivity index (χ0v) is 16.2. The number of para-hydroxylation sites is 2. The number of hydrogen-bond acceptors (Lipinski definition) is 5. The summed E-state index contributed by atoms with van der Waals surface area (Å²) in [4.78, 5) is 20.6. The molecule has 0 saturated heterocycles. The van der Waals surface area contributed by atoms with E-state index in [-0.39, 0.29) is 18.3 Å². The Kier molecular flexibility index (Phi) is 6.20. The summed E-state index contributed by atoms with van der Waals surface area (Å²) >= 11 is 0. The Labute approximate surface area is 170 Å². The molecule has 0 saturated carbocycles. The third-order valence-electron chi connectivity index (χ3n) is 4.03. The molecule has 0 aliphatic carbocycles. The number of hydrogen-bond donors (Lipinski definition) is 1. The first kappa shape index (κ1) is 21.1. The largest absolute Gasteiger partial charge is 0.495 e. The van der Waals surface area contributed by atoms with Crippen LogP contribution in [0.15, 0.2) is 54.6 Å². The Hall–Kier alpha value is -3.62. The maximum Gasteiger partial charge on any atom is 0.416 e. The predicted octanol–water partition coefficient (Wildman–Crippen LogP) is 4.50. The molecule has 9 heteroatoms. The number of carbonyl (C=O) groups excluding carboxylic acids is 1. The molecule has 1 heterocycles. The lowest BCUT2D eigenvalue weighted by Crippen LogP contribution is -2.21. The van der Waals surface area contributed by atoms with Gasteiger partial charge in [0.05, 0.1) is 18.4 Å². The Morgan fingerprint density at radius 2 is 1.77 bits per heavy atom. The molecule has 1 N–H and O–H groups in total. The summed E-state index contributed by atoms with van der Waals surface area (Å²) in [5, 5.41) is 2.67. The molecule has 156 valence electrons. The van der Waals surface area contributed by atoms with Gasteiger partial charge in [-0.05, 0) is 31.2 Å². The molecule has 1 aromatic heterocycles. The lowest BCUT2D eigenvalue weighted by Gasteiger charge is -2.11. The summed E-state index contributed by atoms with van der Waals surface area (Å²) in [7, 11) is 1.49. The number of benzene rings is 2. The number of halogens is 3. The third-order valence-corrected chi connectivity index (χ3v) is 4.03. The van der Waals surface area contributed by atoms with Crippen LogP contribution in [0.2, 0.25) is 0 Å². The summed E-state index contributed by atoms with van der Waals surface area (Å²) < 4.78 is 48.8. The van der Waals surface area contributed by atoms with Gasteiger partial charge in [-0.2, -0.15) is 18.2 Å². The fourth-order valence-corrected chi connectivity index (χ4v) is 2.62. The van der Waals surface area contributed by atoms with Crippen LogP contribution in [0.4, 0.5) is 18.9 Å². The van der Waals surface area contributed by atoms with E-state index >= 15 is 0 Å². The van der Waals surface area contributed by atoms with Gasteiger partial charge in [-0.15, -0.1) is 0 Å². The van der Waals surface area contributed by atoms with Gasteiger partial charge in [0.25, 0.3) is 5.91 Å². The molecule has 0 aliphatic rings. The van der Waals surface area contributed by atoms with E-state index in [4.69, 9.17) is 9.47 Å². The molecule has 0 unspecified atom stereocenters. The van der Waals surface area contributed by atoms with Crippen LogP contribution in [-0.4, -0.2) is 29.6 Å². The minimum Gasteiger partial charge on any atom is -0.495 e. The van der Waals surface area contributed by atoms with Crippen molar-refractivity contribution in [3.05, 3.63) is 65.9 Å². The molecular weight excluding hydrogens is 399 g/mol. The van der Waals surface area contributed by atoms with Gasteiger partial charge >= 0.3 is 6.18 Å². The molecule has 6 nitrogen and oxygen atoms in total. The van der Waals surface area contributed by atoms with Crippen molar-refractivity contribution in [1.82, 2.24) is 9.97 Å². The topological polar surface area (TPSA) is 73.3 Å². The molecule has 3 rings (SSSR count). The van der Waals surface area contributed by atoms with Gasteiger partial charge in [0.1, 0.15) is 5.75 Å². The molecule has 0 atom stereocenters. The lowest BCUT2D eigenvalue weighted by atomic mass is 10.1. The summed E-state index contributed by atoms with van der Waals surface area (Å²) in [6.07, 6.45) is -4.42. The number of amides is 1. The molecule has 0 bridgehead atoms. The van der Waals surface area contributed by atoms with Gasteiger partial charge in [0.15, 0.2) is 12.4 Å². The number of methoxy groups -OCH3 is 1. The van der Waals surface area contributed by atoms with E-state index < -0.39 is 17.6 Å². The average Bonchev–Trinajstić information content (AvgIpc) is 2.72. The van der Waals surface area contributed by atoms with Gasteiger partial charge in [-0.25, -0.2) is 4.98 Å². The lowest BCUT2D eigenvalue weighted by molar-refractivity contribution is -0.137. The number of nitrogens with zero attached hydrogens (tertiary/aromatic N) is 2. The number of aryl methyl sites for hydroxylation is 1. The van der Waals surface area contributed by atoms with E-state index in [0.29, 0.717) is 22.7 Å². The Bertz CT molecular complexity index is 1040. The Morgan fingerprint density at radius 1 is 1.07 bits per heavy atom. The quantitative estimate of drug-likeness (QED) is 0.640. The van der Waals surface area contributed by atoms with Crippen molar-refractivity contribution in [3.8, 4) is 23.0 Å². The van der Waals surface area contributed by atoms with E-state index in [2.05, 4.69) is 15.3 Å². The molecule has 0 aliphatic heterocycles. The first-order valence-electron chi connectivity index (χ1n) is 8.85. The number of ether oxygens (including phenoxy) is 2. The highest BCUT2D eigenvalue weighted by molar-refractivity contribution is 5.93. The fourth-order valence-electron chi connectivity index (χ4n) is 2.62. The smallest absolute Gasteiger partial charge is 0.416 e. The maximum absolute atomic E-state index is 12.7. The second-order valence-electron chi connectivity index (χ2n) is 6.28. The van der Waals surface area contributed by atoms with Crippen LogP contribution in [0.1, 0.15) is 11.3 Å². The minimum absolute atomic E-state index is 0.132. The standard InChI is InChI=1S/C21H18F3N3O3/c1-13-11-19(30-12-18(28)26-16-5-3-4-6-17(16)29-2)27-20(25-13)14-7-9-15(10-8-14)21(22,23)24/h3-11H,12H2,1-2H3,(H,26,28). The second kappa shape index (κ2) is 8.81. The highest BCUT2D eigenvalue weighted by Crippen LogP contribution is 2.30. The first-order chi connectivity index (χ1) is 14.3. The van der Waals surface area contributed by atoms with Crippen molar-refractivity contribution < 1.29 is 27.4 Å². The highest BCUT2D eigenvalue weighted by Gasteiger charge is 2.30. The van der Waals surface area contributed by atoms with Crippen molar-refractivity contribution in [1.29, 1.82) is 0 Å². The Balaban J connectivity index is 1.70. The number of aromatic nitrogens is 2. The summed E-state index contributed by atoms with van der Waals surface area (Å²) in [6.45, 7) is 1.37. The van der Waals surface area contributed by atoms with E-state index in [9.17, 15) is 18.0 Å². The highest BCUT2D eigenvalue weighted by atomic mass is 19.4. The zero-order chi connectivity index (χ0) is 21.7. The fraction of sp³-hybridized carbons (Fsp3) is 0.190. The van der Waals surface area contributed by atoms with Crippen LogP contribution in [-0.2, 0) is 11.0 Å². The number of anilines is 1. The molecule has 1 amide bonds. The summed E-state index contributed by atoms with van der Waals surface area (Å²) in [6, 6.07) is 13.0. The normalized spacial score (nSPS) is 11.1. The maximum atomic E-state index is 12.7. The van der Waals surface area contributed by atoms with Crippen LogP contribution in [0.5, 0.6) is 11.6 Å². The van der Waals surface area contributed by atoms with Crippen LogP contribution in [0.25, 0.3) is 11.4 Å². The second-order valence-corrected chi connectivity index (χ2v) is 6.28. The van der Waals surface area contributed by atoms with Gasteiger partial charge in [0.2, 0.25) is 5.88 Å². The molecular formula is C21H18F3N3O3. The van der Waals surface area contributed by atoms with E-state index in [0.717, 1.165) is 12.1 Å². The molecule has 0 radical (unpaired) electrons. The monoisotopic (exact) mass is 417 g/mol. The molecule has 3 aromatic rings. The number of carbonyl (C=O) groups is 1. The Morgan fingerprint density at radius 3 is 2.43 bits per heavy atom. The molecule has 0 fully saturated rings. The van der Waals surface area contributed by atoms with Crippen molar-refractivity contribution in [2.24, 2.45) is 0 Å². The third kappa shape index (κ3) is 5.25. The van der Waals surface area contributed by atoms with Gasteiger partial charge < -0.3 is 14.8 Å². The first-order valence-corrected chi connectivity index (χ1v) is 8.85. The SMILES string of the molecule is COc1ccccc1NC(=O)COc1cc(C)nc(-c2ccc(C(F)(F)F)cc2)n1. The van der Waals surface area contributed by atoms with Gasteiger partial charge in [-0.1, -0.05) is 24.3 Å². The van der Waals surface area contributed by atoms with Gasteiger partial charge in [0, 0.05) is 17.3 Å². The average molecular weight is 417 g/mol. The zero-order valence-electron chi connectivity index (χ0n) is 16.2. The van der Waals surface area contributed by atoms with E-state index in [1.54, 1.807) is 31.2 Å². The van der Waals surface area contributed by atoms with Gasteiger partial charge in [-0.3, -0.25) is 4.79 Å². The number of nitrogens with one attached hydrogen (secondary N) is 1. The van der Waals surface area contributed by atoms with Crippen LogP contribution >= 0.6 is 0 Å².